The summed E-state index contributed by atoms with van der Waals surface area (Å²) in [6.07, 6.45) is 1.90. The van der Waals surface area contributed by atoms with Gasteiger partial charge in [-0.1, -0.05) is 6.92 Å². The molecule has 0 spiro atoms. The van der Waals surface area contributed by atoms with E-state index in [1.165, 1.54) is 0 Å². The molecule has 0 aromatic carbocycles. The Balaban J connectivity index is 2.20. The first-order chi connectivity index (χ1) is 7.36. The van der Waals surface area contributed by atoms with Crippen LogP contribution in [0.1, 0.15) is 19.5 Å². The van der Waals surface area contributed by atoms with Crippen LogP contribution in [0.25, 0.3) is 0 Å². The van der Waals surface area contributed by atoms with Crippen molar-refractivity contribution in [1.82, 2.24) is 10.3 Å². The van der Waals surface area contributed by atoms with Gasteiger partial charge in [-0.15, -0.1) is 0 Å². The van der Waals surface area contributed by atoms with E-state index >= 15 is 0 Å². The van der Waals surface area contributed by atoms with Crippen LogP contribution in [0.15, 0.2) is 10.7 Å². The second kappa shape index (κ2) is 7.25. The molecule has 86 valence electrons. The van der Waals surface area contributed by atoms with Crippen molar-refractivity contribution in [3.63, 3.8) is 0 Å². The van der Waals surface area contributed by atoms with Gasteiger partial charge in [0.1, 0.15) is 12.9 Å². The highest BCUT2D eigenvalue weighted by atomic mass is 16.6. The summed E-state index contributed by atoms with van der Waals surface area (Å²) in [5.41, 5.74) is 0.850. The molecule has 1 N–H and O–H groups in total. The van der Waals surface area contributed by atoms with Gasteiger partial charge in [0, 0.05) is 13.2 Å². The Hall–Kier alpha value is -1.07. The van der Waals surface area contributed by atoms with Crippen LogP contribution >= 0.6 is 0 Å². The van der Waals surface area contributed by atoms with Gasteiger partial charge >= 0.3 is 6.08 Å². The summed E-state index contributed by atoms with van der Waals surface area (Å²) in [7, 11) is 0. The van der Waals surface area contributed by atoms with Gasteiger partial charge in [0.05, 0.1) is 12.3 Å². The minimum atomic E-state index is 0.308. The van der Waals surface area contributed by atoms with E-state index in [4.69, 9.17) is 13.9 Å². The zero-order chi connectivity index (χ0) is 10.9. The third-order valence-corrected chi connectivity index (χ3v) is 1.74. The van der Waals surface area contributed by atoms with Gasteiger partial charge in [0.2, 0.25) is 0 Å². The SMILES string of the molecule is CCNCc1coc(OCCOCC)n1. The molecule has 1 aromatic rings. The zero-order valence-corrected chi connectivity index (χ0v) is 9.28. The first-order valence-corrected chi connectivity index (χ1v) is 5.22. The molecule has 0 amide bonds. The Kier molecular flexibility index (Phi) is 5.80. The fraction of sp³-hybridized carbons (Fsp3) is 0.700. The summed E-state index contributed by atoms with van der Waals surface area (Å²) in [6.45, 7) is 7.32. The molecule has 0 aliphatic carbocycles. The van der Waals surface area contributed by atoms with Crippen molar-refractivity contribution in [3.05, 3.63) is 12.0 Å². The monoisotopic (exact) mass is 214 g/mol. The average Bonchev–Trinajstić information content (AvgIpc) is 2.69. The molecule has 0 radical (unpaired) electrons. The van der Waals surface area contributed by atoms with Gasteiger partial charge in [0.25, 0.3) is 0 Å². The highest BCUT2D eigenvalue weighted by molar-refractivity contribution is 4.99. The fourth-order valence-electron chi connectivity index (χ4n) is 1.02. The van der Waals surface area contributed by atoms with Crippen molar-refractivity contribution in [2.45, 2.75) is 20.4 Å². The molecule has 15 heavy (non-hydrogen) atoms. The van der Waals surface area contributed by atoms with Crippen LogP contribution in [0.4, 0.5) is 0 Å². The third-order valence-electron chi connectivity index (χ3n) is 1.74. The van der Waals surface area contributed by atoms with Crippen molar-refractivity contribution in [1.29, 1.82) is 0 Å². The largest absolute Gasteiger partial charge is 0.448 e. The summed E-state index contributed by atoms with van der Waals surface area (Å²) in [6, 6.07) is 0. The maximum atomic E-state index is 5.24. The number of oxazole rings is 1. The molecule has 0 aliphatic heterocycles. The topological polar surface area (TPSA) is 56.5 Å². The molecule has 0 unspecified atom stereocenters. The molecule has 1 heterocycles. The molecule has 0 bridgehead atoms. The third kappa shape index (κ3) is 4.80. The molecule has 0 aliphatic rings. The normalized spacial score (nSPS) is 10.5. The number of ether oxygens (including phenoxy) is 2. The first kappa shape index (κ1) is 12.0. The summed E-state index contributed by atoms with van der Waals surface area (Å²) in [5, 5.41) is 3.15. The van der Waals surface area contributed by atoms with Gasteiger partial charge in [0.15, 0.2) is 0 Å². The summed E-state index contributed by atoms with van der Waals surface area (Å²) < 4.78 is 15.5. The quantitative estimate of drug-likeness (QED) is 0.659. The fourth-order valence-corrected chi connectivity index (χ4v) is 1.02. The van der Waals surface area contributed by atoms with Crippen molar-refractivity contribution >= 4 is 0 Å². The number of rotatable bonds is 8. The lowest BCUT2D eigenvalue weighted by Crippen LogP contribution is -2.12. The Morgan fingerprint density at radius 3 is 3.00 bits per heavy atom. The predicted molar refractivity (Wildman–Crippen MR) is 55.9 cm³/mol. The van der Waals surface area contributed by atoms with Gasteiger partial charge in [-0.25, -0.2) is 0 Å². The molecule has 0 saturated heterocycles. The van der Waals surface area contributed by atoms with Crippen LogP contribution in [0.5, 0.6) is 6.08 Å². The number of nitrogens with one attached hydrogen (secondary N) is 1. The van der Waals surface area contributed by atoms with Crippen molar-refractivity contribution in [2.24, 2.45) is 0 Å². The maximum Gasteiger partial charge on any atom is 0.393 e. The van der Waals surface area contributed by atoms with Gasteiger partial charge in [-0.2, -0.15) is 4.98 Å². The number of nitrogens with zero attached hydrogens (tertiary/aromatic N) is 1. The highest BCUT2D eigenvalue weighted by Gasteiger charge is 2.03. The number of aromatic nitrogens is 1. The number of hydrogen-bond donors (Lipinski definition) is 1. The number of hydrogen-bond acceptors (Lipinski definition) is 5. The van der Waals surface area contributed by atoms with Crippen molar-refractivity contribution in [3.8, 4) is 6.08 Å². The second-order valence-corrected chi connectivity index (χ2v) is 2.93. The Bertz CT molecular complexity index is 263. The van der Waals surface area contributed by atoms with Crippen LogP contribution in [0, 0.1) is 0 Å². The van der Waals surface area contributed by atoms with Crippen LogP contribution in [0.2, 0.25) is 0 Å². The minimum absolute atomic E-state index is 0.308. The van der Waals surface area contributed by atoms with E-state index < -0.39 is 0 Å². The summed E-state index contributed by atoms with van der Waals surface area (Å²) in [5.74, 6) is 0. The van der Waals surface area contributed by atoms with E-state index in [1.807, 2.05) is 13.8 Å². The van der Waals surface area contributed by atoms with Crippen LogP contribution in [-0.2, 0) is 11.3 Å². The van der Waals surface area contributed by atoms with Crippen LogP contribution < -0.4 is 10.1 Å². The van der Waals surface area contributed by atoms with E-state index in [9.17, 15) is 0 Å². The predicted octanol–water partition coefficient (Wildman–Crippen LogP) is 1.20. The molecule has 0 atom stereocenters. The maximum absolute atomic E-state index is 5.24. The van der Waals surface area contributed by atoms with Gasteiger partial charge < -0.3 is 19.2 Å². The lowest BCUT2D eigenvalue weighted by Gasteiger charge is -2.00. The molecule has 5 nitrogen and oxygen atoms in total. The van der Waals surface area contributed by atoms with E-state index in [2.05, 4.69) is 10.3 Å². The molecule has 0 fully saturated rings. The lowest BCUT2D eigenvalue weighted by atomic mass is 10.5. The molecular formula is C10H18N2O3. The average molecular weight is 214 g/mol. The Morgan fingerprint density at radius 2 is 2.27 bits per heavy atom. The highest BCUT2D eigenvalue weighted by Crippen LogP contribution is 2.09. The minimum Gasteiger partial charge on any atom is -0.448 e. The van der Waals surface area contributed by atoms with Crippen molar-refractivity contribution in [2.75, 3.05) is 26.4 Å². The standard InChI is InChI=1S/C10H18N2O3/c1-3-11-7-9-8-15-10(12-9)14-6-5-13-4-2/h8,11H,3-7H2,1-2H3. The van der Waals surface area contributed by atoms with Gasteiger partial charge in [-0.05, 0) is 13.5 Å². The van der Waals surface area contributed by atoms with Crippen molar-refractivity contribution < 1.29 is 13.9 Å². The van der Waals surface area contributed by atoms with E-state index in [0.29, 0.717) is 32.4 Å². The van der Waals surface area contributed by atoms with Crippen LogP contribution in [-0.4, -0.2) is 31.3 Å². The van der Waals surface area contributed by atoms with E-state index in [0.717, 1.165) is 12.2 Å². The van der Waals surface area contributed by atoms with Gasteiger partial charge in [-0.3, -0.25) is 0 Å². The summed E-state index contributed by atoms with van der Waals surface area (Å²) in [4.78, 5) is 4.14. The molecule has 1 aromatic heterocycles. The summed E-state index contributed by atoms with van der Waals surface area (Å²) >= 11 is 0. The lowest BCUT2D eigenvalue weighted by molar-refractivity contribution is 0.0965. The first-order valence-electron chi connectivity index (χ1n) is 5.22. The molecule has 5 heteroatoms. The van der Waals surface area contributed by atoms with Crippen LogP contribution in [0.3, 0.4) is 0 Å². The molecule has 0 saturated carbocycles. The smallest absolute Gasteiger partial charge is 0.393 e. The Morgan fingerprint density at radius 1 is 1.40 bits per heavy atom. The zero-order valence-electron chi connectivity index (χ0n) is 9.28. The molecule has 1 rings (SSSR count). The van der Waals surface area contributed by atoms with E-state index in [1.54, 1.807) is 6.26 Å². The van der Waals surface area contributed by atoms with E-state index in [-0.39, 0.29) is 0 Å². The Labute approximate surface area is 89.8 Å². The molecular weight excluding hydrogens is 196 g/mol. The second-order valence-electron chi connectivity index (χ2n) is 2.93.